The van der Waals surface area contributed by atoms with Crippen molar-refractivity contribution in [3.8, 4) is 0 Å². The number of nitrogens with zero attached hydrogens (tertiary/aromatic N) is 3. The molecule has 4 rings (SSSR count). The lowest BCUT2D eigenvalue weighted by molar-refractivity contribution is -0.118. The average molecular weight is 478 g/mol. The molecular formula is C27H28ClN3OS. The molecule has 0 fully saturated rings. The molecule has 0 unspecified atom stereocenters. The SMILES string of the molecule is CN(C)CCCN(C(=O)CC(c1ccccc1)c1ccccc1)c1nc2c(Cl)cccc2s1. The topological polar surface area (TPSA) is 36.4 Å². The molecule has 0 spiro atoms. The number of carbonyl (C=O) groups is 1. The van der Waals surface area contributed by atoms with Crippen molar-refractivity contribution in [1.82, 2.24) is 9.88 Å². The van der Waals surface area contributed by atoms with Crippen LogP contribution in [0.15, 0.2) is 78.9 Å². The van der Waals surface area contributed by atoms with E-state index in [-0.39, 0.29) is 11.8 Å². The molecule has 0 N–H and O–H groups in total. The molecule has 1 aromatic heterocycles. The first kappa shape index (κ1) is 23.4. The van der Waals surface area contributed by atoms with Crippen molar-refractivity contribution in [3.05, 3.63) is 95.0 Å². The summed E-state index contributed by atoms with van der Waals surface area (Å²) in [6, 6.07) is 26.3. The maximum atomic E-state index is 13.8. The van der Waals surface area contributed by atoms with Crippen LogP contribution in [-0.4, -0.2) is 43.0 Å². The van der Waals surface area contributed by atoms with Crippen molar-refractivity contribution in [2.45, 2.75) is 18.8 Å². The van der Waals surface area contributed by atoms with Crippen molar-refractivity contribution in [1.29, 1.82) is 0 Å². The maximum absolute atomic E-state index is 13.8. The second kappa shape index (κ2) is 10.9. The highest BCUT2D eigenvalue weighted by Crippen LogP contribution is 2.35. The molecule has 0 atom stereocenters. The number of aromatic nitrogens is 1. The Labute approximate surface area is 204 Å². The number of amides is 1. The van der Waals surface area contributed by atoms with Gasteiger partial charge in [0.2, 0.25) is 5.91 Å². The Hall–Kier alpha value is -2.73. The standard InChI is InChI=1S/C27H28ClN3OS/c1-30(2)17-10-18-31(27-29-26-23(28)15-9-16-24(26)33-27)25(32)19-22(20-11-5-3-6-12-20)21-13-7-4-8-14-21/h3-9,11-16,22H,10,17-19H2,1-2H3. The van der Waals surface area contributed by atoms with E-state index in [9.17, 15) is 4.79 Å². The van der Waals surface area contributed by atoms with Gasteiger partial charge in [-0.15, -0.1) is 0 Å². The number of halogens is 1. The number of fused-ring (bicyclic) bond motifs is 1. The quantitative estimate of drug-likeness (QED) is 0.277. The summed E-state index contributed by atoms with van der Waals surface area (Å²) in [6.45, 7) is 1.51. The zero-order valence-corrected chi connectivity index (χ0v) is 20.5. The summed E-state index contributed by atoms with van der Waals surface area (Å²) in [5.74, 6) is 0.0517. The molecule has 0 aliphatic heterocycles. The van der Waals surface area contributed by atoms with E-state index in [0.29, 0.717) is 23.1 Å². The van der Waals surface area contributed by atoms with Crippen molar-refractivity contribution >= 4 is 44.2 Å². The van der Waals surface area contributed by atoms with Gasteiger partial charge in [0.1, 0.15) is 5.52 Å². The number of hydrogen-bond acceptors (Lipinski definition) is 4. The summed E-state index contributed by atoms with van der Waals surface area (Å²) in [7, 11) is 4.09. The number of carbonyl (C=O) groups excluding carboxylic acids is 1. The molecule has 4 nitrogen and oxygen atoms in total. The van der Waals surface area contributed by atoms with Gasteiger partial charge >= 0.3 is 0 Å². The zero-order valence-electron chi connectivity index (χ0n) is 18.9. The third-order valence-electron chi connectivity index (χ3n) is 5.66. The lowest BCUT2D eigenvalue weighted by Gasteiger charge is -2.24. The first-order valence-corrected chi connectivity index (χ1v) is 12.3. The van der Waals surface area contributed by atoms with Crippen molar-refractivity contribution < 1.29 is 4.79 Å². The third-order valence-corrected chi connectivity index (χ3v) is 7.01. The van der Waals surface area contributed by atoms with Gasteiger partial charge in [0, 0.05) is 18.9 Å². The van der Waals surface area contributed by atoms with E-state index in [1.165, 1.54) is 11.3 Å². The Morgan fingerprint density at radius 1 is 0.909 bits per heavy atom. The maximum Gasteiger partial charge on any atom is 0.229 e. The van der Waals surface area contributed by atoms with Crippen LogP contribution in [-0.2, 0) is 4.79 Å². The van der Waals surface area contributed by atoms with Gasteiger partial charge in [-0.05, 0) is 50.3 Å². The molecular weight excluding hydrogens is 450 g/mol. The predicted octanol–water partition coefficient (Wildman–Crippen LogP) is 6.46. The van der Waals surface area contributed by atoms with E-state index in [1.807, 2.05) is 73.6 Å². The minimum absolute atomic E-state index is 0.0192. The van der Waals surface area contributed by atoms with E-state index < -0.39 is 0 Å². The number of hydrogen-bond donors (Lipinski definition) is 0. The number of benzene rings is 3. The van der Waals surface area contributed by atoms with Crippen LogP contribution in [0.5, 0.6) is 0 Å². The predicted molar refractivity (Wildman–Crippen MR) is 139 cm³/mol. The molecule has 0 saturated carbocycles. The van der Waals surface area contributed by atoms with Gasteiger partial charge in [0.25, 0.3) is 0 Å². The van der Waals surface area contributed by atoms with Gasteiger partial charge in [0.05, 0.1) is 9.72 Å². The molecule has 0 saturated heterocycles. The molecule has 1 amide bonds. The van der Waals surface area contributed by atoms with Crippen molar-refractivity contribution in [2.24, 2.45) is 0 Å². The highest BCUT2D eigenvalue weighted by Gasteiger charge is 2.25. The van der Waals surface area contributed by atoms with Gasteiger partial charge in [-0.3, -0.25) is 9.69 Å². The Morgan fingerprint density at radius 2 is 1.55 bits per heavy atom. The third kappa shape index (κ3) is 5.80. The fourth-order valence-corrected chi connectivity index (χ4v) is 5.28. The second-order valence-corrected chi connectivity index (χ2v) is 9.78. The number of anilines is 1. The Balaban J connectivity index is 1.66. The van der Waals surface area contributed by atoms with Crippen LogP contribution in [0.25, 0.3) is 10.2 Å². The van der Waals surface area contributed by atoms with Crippen molar-refractivity contribution in [2.75, 3.05) is 32.1 Å². The Bertz CT molecular complexity index is 1150. The normalized spacial score (nSPS) is 11.4. The summed E-state index contributed by atoms with van der Waals surface area (Å²) in [5, 5.41) is 1.32. The average Bonchev–Trinajstić information content (AvgIpc) is 3.26. The van der Waals surface area contributed by atoms with E-state index in [0.717, 1.165) is 34.3 Å². The van der Waals surface area contributed by atoms with Crippen LogP contribution < -0.4 is 4.90 Å². The van der Waals surface area contributed by atoms with E-state index in [1.54, 1.807) is 0 Å². The molecule has 4 aromatic rings. The molecule has 3 aromatic carbocycles. The molecule has 0 radical (unpaired) electrons. The molecule has 33 heavy (non-hydrogen) atoms. The fraction of sp³-hybridized carbons (Fsp3) is 0.259. The lowest BCUT2D eigenvalue weighted by atomic mass is 9.88. The van der Waals surface area contributed by atoms with E-state index in [4.69, 9.17) is 16.6 Å². The fourth-order valence-electron chi connectivity index (χ4n) is 3.97. The number of para-hydroxylation sites is 1. The van der Waals surface area contributed by atoms with Gasteiger partial charge in [-0.25, -0.2) is 4.98 Å². The van der Waals surface area contributed by atoms with Gasteiger partial charge in [0.15, 0.2) is 5.13 Å². The minimum atomic E-state index is -0.0192. The molecule has 6 heteroatoms. The first-order valence-electron chi connectivity index (χ1n) is 11.1. The summed E-state index contributed by atoms with van der Waals surface area (Å²) in [5.41, 5.74) is 3.03. The van der Waals surface area contributed by atoms with Crippen LogP contribution in [0.1, 0.15) is 29.9 Å². The highest BCUT2D eigenvalue weighted by atomic mass is 35.5. The summed E-state index contributed by atoms with van der Waals surface area (Å²) in [4.78, 5) is 22.5. The van der Waals surface area contributed by atoms with Crippen LogP contribution in [0.2, 0.25) is 5.02 Å². The Morgan fingerprint density at radius 3 is 2.12 bits per heavy atom. The smallest absolute Gasteiger partial charge is 0.229 e. The van der Waals surface area contributed by atoms with E-state index in [2.05, 4.69) is 29.2 Å². The number of rotatable bonds is 9. The van der Waals surface area contributed by atoms with Crippen LogP contribution >= 0.6 is 22.9 Å². The van der Waals surface area contributed by atoms with Crippen LogP contribution in [0.3, 0.4) is 0 Å². The monoisotopic (exact) mass is 477 g/mol. The first-order chi connectivity index (χ1) is 16.0. The van der Waals surface area contributed by atoms with Crippen molar-refractivity contribution in [3.63, 3.8) is 0 Å². The van der Waals surface area contributed by atoms with Gasteiger partial charge < -0.3 is 4.90 Å². The van der Waals surface area contributed by atoms with Crippen LogP contribution in [0, 0.1) is 0 Å². The van der Waals surface area contributed by atoms with Crippen LogP contribution in [0.4, 0.5) is 5.13 Å². The largest absolute Gasteiger partial charge is 0.309 e. The highest BCUT2D eigenvalue weighted by molar-refractivity contribution is 7.22. The summed E-state index contributed by atoms with van der Waals surface area (Å²) in [6.07, 6.45) is 1.24. The zero-order chi connectivity index (χ0) is 23.2. The summed E-state index contributed by atoms with van der Waals surface area (Å²) >= 11 is 7.90. The molecule has 0 aliphatic rings. The summed E-state index contributed by atoms with van der Waals surface area (Å²) < 4.78 is 0.991. The second-order valence-electron chi connectivity index (χ2n) is 8.36. The molecule has 1 heterocycles. The molecule has 170 valence electrons. The Kier molecular flexibility index (Phi) is 7.76. The van der Waals surface area contributed by atoms with Gasteiger partial charge in [-0.2, -0.15) is 0 Å². The molecule has 0 bridgehead atoms. The molecule has 0 aliphatic carbocycles. The lowest BCUT2D eigenvalue weighted by Crippen LogP contribution is -2.34. The van der Waals surface area contributed by atoms with Gasteiger partial charge in [-0.1, -0.05) is 89.7 Å². The van der Waals surface area contributed by atoms with E-state index >= 15 is 0 Å². The minimum Gasteiger partial charge on any atom is -0.309 e. The number of thiazole rings is 1.